The van der Waals surface area contributed by atoms with Gasteiger partial charge in [-0.2, -0.15) is 0 Å². The molecule has 0 rings (SSSR count). The molecule has 0 saturated heterocycles. The van der Waals surface area contributed by atoms with Crippen LogP contribution in [-0.4, -0.2) is 24.0 Å². The van der Waals surface area contributed by atoms with Crippen molar-refractivity contribution in [3.05, 3.63) is 0 Å². The van der Waals surface area contributed by atoms with Gasteiger partial charge in [-0.05, 0) is 45.9 Å². The Morgan fingerprint density at radius 2 is 1.08 bits per heavy atom. The van der Waals surface area contributed by atoms with Crippen LogP contribution in [0.1, 0.15) is 27.7 Å². The van der Waals surface area contributed by atoms with E-state index >= 15 is 0 Å². The van der Waals surface area contributed by atoms with E-state index in [0.717, 1.165) is 4.86 Å². The van der Waals surface area contributed by atoms with E-state index in [1.165, 1.54) is 13.8 Å². The molecule has 0 aromatic heterocycles. The molecule has 0 saturated carbocycles. The number of rotatable bonds is 0. The molecule has 0 aliphatic carbocycles. The van der Waals surface area contributed by atoms with E-state index in [2.05, 4.69) is 12.2 Å². The van der Waals surface area contributed by atoms with Crippen molar-refractivity contribution in [2.24, 2.45) is 0 Å². The topological polar surface area (TPSA) is 34.1 Å². The molecule has 0 aromatic rings. The number of carbonyl (C=O) groups excluding carboxylic acids is 1. The average molecular weight is 299 g/mol. The standard InChI is InChI=1S/C3H6O.C3H6S.C2H7OP.Y/c2*1-3(2)4;1-4(2)3;/h2*1-2H3;4H,1-2H3;. The first-order chi connectivity index (χ1) is 5.20. The van der Waals surface area contributed by atoms with Gasteiger partial charge in [0.25, 0.3) is 0 Å². The van der Waals surface area contributed by atoms with Crippen molar-refractivity contribution in [1.82, 2.24) is 0 Å². The molecule has 0 fully saturated rings. The molecule has 0 amide bonds. The maximum Gasteiger partial charge on any atom is 0.126 e. The zero-order valence-electron chi connectivity index (χ0n) is 9.30. The fourth-order valence-electron chi connectivity index (χ4n) is 0. The third-order valence-electron chi connectivity index (χ3n) is 0. The molecule has 0 aliphatic heterocycles. The number of Topliss-reactive ketones (excluding diaryl/α,β-unsaturated/α-hetero) is 1. The van der Waals surface area contributed by atoms with E-state index in [1.54, 1.807) is 13.3 Å². The van der Waals surface area contributed by atoms with Gasteiger partial charge in [0.05, 0.1) is 7.80 Å². The van der Waals surface area contributed by atoms with E-state index in [9.17, 15) is 9.36 Å². The molecule has 2 nitrogen and oxygen atoms in total. The van der Waals surface area contributed by atoms with Crippen molar-refractivity contribution < 1.29 is 42.1 Å². The predicted molar refractivity (Wildman–Crippen MR) is 61.2 cm³/mol. The summed E-state index contributed by atoms with van der Waals surface area (Å²) in [6, 6.07) is 0. The minimum atomic E-state index is -1.13. The Morgan fingerprint density at radius 1 is 1.08 bits per heavy atom. The summed E-state index contributed by atoms with van der Waals surface area (Å²) < 4.78 is 9.63. The van der Waals surface area contributed by atoms with Crippen molar-refractivity contribution in [3.8, 4) is 0 Å². The van der Waals surface area contributed by atoms with Gasteiger partial charge in [-0.25, -0.2) is 0 Å². The smallest absolute Gasteiger partial charge is 0.126 e. The van der Waals surface area contributed by atoms with Crippen LogP contribution in [0.25, 0.3) is 0 Å². The van der Waals surface area contributed by atoms with Crippen LogP contribution in [0.2, 0.25) is 0 Å². The Balaban J connectivity index is -0.0000000450. The van der Waals surface area contributed by atoms with Crippen LogP contribution in [0.15, 0.2) is 0 Å². The molecule has 0 bridgehead atoms. The molecule has 13 heavy (non-hydrogen) atoms. The average Bonchev–Trinajstić information content (AvgIpc) is 1.54. The summed E-state index contributed by atoms with van der Waals surface area (Å²) in [6.45, 7) is 10.3. The quantitative estimate of drug-likeness (QED) is 0.509. The summed E-state index contributed by atoms with van der Waals surface area (Å²) in [6.07, 6.45) is 0. The van der Waals surface area contributed by atoms with Gasteiger partial charge in [0.2, 0.25) is 0 Å². The molecule has 0 spiro atoms. The molecule has 0 aromatic carbocycles. The second kappa shape index (κ2) is 18.8. The summed E-state index contributed by atoms with van der Waals surface area (Å²) in [4.78, 5) is 10.4. The molecule has 5 heteroatoms. The first-order valence-corrected chi connectivity index (χ1v) is 6.43. The summed E-state index contributed by atoms with van der Waals surface area (Å²) in [5.41, 5.74) is 0. The first kappa shape index (κ1) is 23.7. The summed E-state index contributed by atoms with van der Waals surface area (Å²) in [5.74, 6) is 0.167. The third kappa shape index (κ3) is 1350. The van der Waals surface area contributed by atoms with Crippen LogP contribution in [0.5, 0.6) is 0 Å². The van der Waals surface area contributed by atoms with Gasteiger partial charge >= 0.3 is 0 Å². The Hall–Kier alpha value is 1.09. The summed E-state index contributed by atoms with van der Waals surface area (Å²) in [7, 11) is -1.13. The van der Waals surface area contributed by atoms with Crippen molar-refractivity contribution >= 4 is 30.7 Å². The molecule has 0 heterocycles. The maximum absolute atomic E-state index is 9.63. The van der Waals surface area contributed by atoms with Gasteiger partial charge in [0, 0.05) is 32.7 Å². The minimum Gasteiger partial charge on any atom is -0.327 e. The molecular weight excluding hydrogens is 280 g/mol. The number of ketones is 1. The summed E-state index contributed by atoms with van der Waals surface area (Å²) in [5, 5.41) is 0. The van der Waals surface area contributed by atoms with Gasteiger partial charge in [0.1, 0.15) is 5.78 Å². The Kier molecular flexibility index (Phi) is 34.3. The number of hydrogen-bond acceptors (Lipinski definition) is 3. The predicted octanol–water partition coefficient (Wildman–Crippen LogP) is 2.79. The Bertz CT molecular complexity index is 120. The van der Waals surface area contributed by atoms with Crippen LogP contribution in [-0.2, 0) is 42.1 Å². The normalized spacial score (nSPS) is 6.69. The maximum atomic E-state index is 9.63. The van der Waals surface area contributed by atoms with Crippen molar-refractivity contribution in [2.45, 2.75) is 27.7 Å². The fraction of sp³-hybridized carbons (Fsp3) is 0.750. The van der Waals surface area contributed by atoms with E-state index in [0.29, 0.717) is 0 Å². The SMILES string of the molecule is CC(C)=O.CC(C)=S.C[PH](C)=O.[Y]. The van der Waals surface area contributed by atoms with Gasteiger partial charge < -0.3 is 9.36 Å². The molecular formula is C8H19O2PSY. The van der Waals surface area contributed by atoms with Crippen molar-refractivity contribution in [1.29, 1.82) is 0 Å². The molecule has 0 N–H and O–H groups in total. The van der Waals surface area contributed by atoms with E-state index < -0.39 is 7.80 Å². The third-order valence-corrected chi connectivity index (χ3v) is 0. The minimum absolute atomic E-state index is 0. The second-order valence-corrected chi connectivity index (χ2v) is 5.36. The Morgan fingerprint density at radius 3 is 1.08 bits per heavy atom. The first-order valence-electron chi connectivity index (χ1n) is 3.61. The van der Waals surface area contributed by atoms with Crippen LogP contribution >= 0.6 is 20.0 Å². The van der Waals surface area contributed by atoms with Crippen LogP contribution in [0, 0.1) is 0 Å². The van der Waals surface area contributed by atoms with Crippen LogP contribution < -0.4 is 0 Å². The van der Waals surface area contributed by atoms with Gasteiger partial charge in [0.15, 0.2) is 0 Å². The van der Waals surface area contributed by atoms with E-state index in [4.69, 9.17) is 0 Å². The van der Waals surface area contributed by atoms with Crippen LogP contribution in [0.4, 0.5) is 0 Å². The number of carbonyl (C=O) groups is 1. The van der Waals surface area contributed by atoms with E-state index in [-0.39, 0.29) is 38.5 Å². The molecule has 77 valence electrons. The van der Waals surface area contributed by atoms with E-state index in [1.807, 2.05) is 13.8 Å². The zero-order valence-corrected chi connectivity index (χ0v) is 14.0. The number of thiocarbonyl (C=S) groups is 1. The molecule has 1 radical (unpaired) electrons. The zero-order chi connectivity index (χ0) is 10.7. The summed E-state index contributed by atoms with van der Waals surface area (Å²) >= 11 is 4.54. The molecule has 0 unspecified atom stereocenters. The molecule has 0 aliphatic rings. The monoisotopic (exact) mass is 299 g/mol. The molecule has 0 atom stereocenters. The fourth-order valence-corrected chi connectivity index (χ4v) is 0. The van der Waals surface area contributed by atoms with Gasteiger partial charge in [-0.3, -0.25) is 0 Å². The van der Waals surface area contributed by atoms with Gasteiger partial charge in [-0.1, -0.05) is 12.2 Å². The Labute approximate surface area is 113 Å². The van der Waals surface area contributed by atoms with Gasteiger partial charge in [-0.15, -0.1) is 0 Å². The van der Waals surface area contributed by atoms with Crippen molar-refractivity contribution in [2.75, 3.05) is 13.3 Å². The second-order valence-electron chi connectivity index (χ2n) is 2.72. The number of hydrogen-bond donors (Lipinski definition) is 0. The van der Waals surface area contributed by atoms with Crippen molar-refractivity contribution in [3.63, 3.8) is 0 Å². The largest absolute Gasteiger partial charge is 0.327 e. The van der Waals surface area contributed by atoms with Crippen LogP contribution in [0.3, 0.4) is 0 Å².